The Morgan fingerprint density at radius 2 is 1.15 bits per heavy atom. The molecule has 2 heterocycles. The average Bonchev–Trinajstić information content (AvgIpc) is 3.47. The number of benzene rings is 6. The van der Waals surface area contributed by atoms with Crippen LogP contribution in [0.3, 0.4) is 0 Å². The predicted octanol–water partition coefficient (Wildman–Crippen LogP) is 9.14. The Labute approximate surface area is 322 Å². The summed E-state index contributed by atoms with van der Waals surface area (Å²) in [6.07, 6.45) is -0.981. The highest BCUT2D eigenvalue weighted by Crippen LogP contribution is 2.42. The molecular formula is C48H44N2O5. The molecule has 4 atom stereocenters. The second-order valence-corrected chi connectivity index (χ2v) is 14.5. The minimum atomic E-state index is -0.603. The third kappa shape index (κ3) is 8.07. The van der Waals surface area contributed by atoms with E-state index in [9.17, 15) is 14.7 Å². The summed E-state index contributed by atoms with van der Waals surface area (Å²) in [6.45, 7) is 4.66. The topological polar surface area (TPSA) is 79.3 Å². The number of imide groups is 1. The number of hydrogen-bond acceptors (Lipinski definition) is 6. The minimum Gasteiger partial charge on any atom is -0.392 e. The zero-order chi connectivity index (χ0) is 37.7. The number of rotatable bonds is 12. The van der Waals surface area contributed by atoms with Gasteiger partial charge < -0.3 is 14.6 Å². The molecule has 7 nitrogen and oxygen atoms in total. The van der Waals surface area contributed by atoms with Crippen LogP contribution in [0.25, 0.3) is 11.1 Å². The highest BCUT2D eigenvalue weighted by atomic mass is 16.7. The van der Waals surface area contributed by atoms with Gasteiger partial charge in [-0.25, -0.2) is 0 Å². The number of amides is 2. The Hall–Kier alpha value is -5.70. The Morgan fingerprint density at radius 3 is 1.75 bits per heavy atom. The monoisotopic (exact) mass is 728 g/mol. The first-order valence-corrected chi connectivity index (χ1v) is 18.9. The van der Waals surface area contributed by atoms with Crippen molar-refractivity contribution in [3.63, 3.8) is 0 Å². The van der Waals surface area contributed by atoms with Crippen molar-refractivity contribution in [3.8, 4) is 11.1 Å². The van der Waals surface area contributed by atoms with Gasteiger partial charge in [-0.1, -0.05) is 146 Å². The summed E-state index contributed by atoms with van der Waals surface area (Å²) in [5, 5.41) is 9.72. The molecule has 0 bridgehead atoms. The molecular weight excluding hydrogens is 685 g/mol. The van der Waals surface area contributed by atoms with Crippen LogP contribution in [0.4, 0.5) is 0 Å². The molecule has 7 heteroatoms. The van der Waals surface area contributed by atoms with Gasteiger partial charge in [0.25, 0.3) is 11.8 Å². The number of carbonyl (C=O) groups is 2. The summed E-state index contributed by atoms with van der Waals surface area (Å²) < 4.78 is 13.7. The number of hydrogen-bond donors (Lipinski definition) is 1. The maximum absolute atomic E-state index is 13.0. The van der Waals surface area contributed by atoms with Crippen LogP contribution in [0.1, 0.15) is 73.4 Å². The number of ether oxygens (including phenoxy) is 2. The van der Waals surface area contributed by atoms with E-state index in [0.29, 0.717) is 17.7 Å². The van der Waals surface area contributed by atoms with Crippen LogP contribution >= 0.6 is 0 Å². The van der Waals surface area contributed by atoms with E-state index < -0.39 is 6.29 Å². The maximum atomic E-state index is 13.0. The second-order valence-electron chi connectivity index (χ2n) is 14.5. The van der Waals surface area contributed by atoms with E-state index in [2.05, 4.69) is 96.8 Å². The lowest BCUT2D eigenvalue weighted by atomic mass is 9.89. The molecule has 2 aliphatic rings. The number of nitrogens with zero attached hydrogens (tertiary/aromatic N) is 2. The normalized spacial score (nSPS) is 19.5. The van der Waals surface area contributed by atoms with Gasteiger partial charge in [0.05, 0.1) is 36.5 Å². The van der Waals surface area contributed by atoms with Crippen LogP contribution in [0.5, 0.6) is 0 Å². The Morgan fingerprint density at radius 1 is 0.582 bits per heavy atom. The second kappa shape index (κ2) is 16.3. The van der Waals surface area contributed by atoms with Crippen LogP contribution < -0.4 is 0 Å². The van der Waals surface area contributed by atoms with Gasteiger partial charge in [-0.3, -0.25) is 19.4 Å². The van der Waals surface area contributed by atoms with Crippen molar-refractivity contribution in [1.82, 2.24) is 9.80 Å². The molecule has 276 valence electrons. The van der Waals surface area contributed by atoms with E-state index in [1.165, 1.54) is 16.0 Å². The lowest BCUT2D eigenvalue weighted by Crippen LogP contribution is -2.44. The van der Waals surface area contributed by atoms with E-state index in [4.69, 9.17) is 9.47 Å². The molecule has 0 saturated carbocycles. The van der Waals surface area contributed by atoms with Crippen molar-refractivity contribution >= 4 is 11.8 Å². The largest absolute Gasteiger partial charge is 0.392 e. The number of aliphatic hydroxyl groups excluding tert-OH is 1. The van der Waals surface area contributed by atoms with E-state index in [1.807, 2.05) is 48.5 Å². The van der Waals surface area contributed by atoms with Crippen LogP contribution in [0.15, 0.2) is 158 Å². The van der Waals surface area contributed by atoms with Crippen molar-refractivity contribution in [2.24, 2.45) is 5.92 Å². The molecule has 1 fully saturated rings. The Balaban J connectivity index is 1.04. The highest BCUT2D eigenvalue weighted by Gasteiger charge is 2.39. The summed E-state index contributed by atoms with van der Waals surface area (Å²) in [4.78, 5) is 29.8. The van der Waals surface area contributed by atoms with Crippen molar-refractivity contribution in [2.45, 2.75) is 51.7 Å². The van der Waals surface area contributed by atoms with Gasteiger partial charge in [0, 0.05) is 31.1 Å². The summed E-state index contributed by atoms with van der Waals surface area (Å²) in [6, 6.07) is 52.3. The minimum absolute atomic E-state index is 0.0122. The smallest absolute Gasteiger partial charge is 0.261 e. The molecule has 2 aliphatic heterocycles. The highest BCUT2D eigenvalue weighted by molar-refractivity contribution is 6.21. The van der Waals surface area contributed by atoms with Gasteiger partial charge in [0.15, 0.2) is 6.29 Å². The van der Waals surface area contributed by atoms with E-state index >= 15 is 0 Å². The lowest BCUT2D eigenvalue weighted by molar-refractivity contribution is -0.276. The predicted molar refractivity (Wildman–Crippen MR) is 212 cm³/mol. The molecule has 0 aromatic heterocycles. The SMILES string of the molecule is C[C@H]1[C@@H](CN(Cc2ccccc2)Cc2ccccc2)O[C@@H](c2ccc(-c3cccc(CN4C(=O)c5ccccc5C4=O)c3)cc2)O[C@H]1c1ccc(CO)cc1. The molecule has 0 aliphatic carbocycles. The van der Waals surface area contributed by atoms with Crippen molar-refractivity contribution in [3.05, 3.63) is 202 Å². The van der Waals surface area contributed by atoms with E-state index in [0.717, 1.165) is 46.5 Å². The van der Waals surface area contributed by atoms with Crippen molar-refractivity contribution < 1.29 is 24.2 Å². The zero-order valence-corrected chi connectivity index (χ0v) is 30.8. The molecule has 1 N–H and O–H groups in total. The van der Waals surface area contributed by atoms with E-state index in [1.54, 1.807) is 24.3 Å². The fourth-order valence-electron chi connectivity index (χ4n) is 7.70. The van der Waals surface area contributed by atoms with Gasteiger partial charge in [0.2, 0.25) is 0 Å². The van der Waals surface area contributed by atoms with Crippen LogP contribution in [0.2, 0.25) is 0 Å². The molecule has 6 aromatic rings. The van der Waals surface area contributed by atoms with Crippen molar-refractivity contribution in [1.29, 1.82) is 0 Å². The molecule has 0 unspecified atom stereocenters. The lowest BCUT2D eigenvalue weighted by Gasteiger charge is -2.43. The first-order valence-electron chi connectivity index (χ1n) is 18.9. The fourth-order valence-corrected chi connectivity index (χ4v) is 7.70. The molecule has 0 radical (unpaired) electrons. The standard InChI is InChI=1S/C48H44N2O5/c1-33-44(31-49(28-34-11-4-2-5-12-34)29-35-13-6-3-7-14-35)54-48(55-45(33)39-21-19-36(32-51)20-22-39)40-25-23-38(24-26-40)41-16-10-15-37(27-41)30-50-46(52)42-17-8-9-18-43(42)47(50)53/h2-27,33,44-45,48,51H,28-32H2,1H3/t33-,44+,45+,48+/m0/s1. The van der Waals surface area contributed by atoms with Gasteiger partial charge in [-0.2, -0.15) is 0 Å². The van der Waals surface area contributed by atoms with Crippen LogP contribution in [0, 0.1) is 5.92 Å². The molecule has 8 rings (SSSR count). The van der Waals surface area contributed by atoms with Crippen LogP contribution in [-0.4, -0.2) is 39.4 Å². The van der Waals surface area contributed by atoms with Gasteiger partial charge in [-0.15, -0.1) is 0 Å². The maximum Gasteiger partial charge on any atom is 0.261 e. The quantitative estimate of drug-likeness (QED) is 0.127. The summed E-state index contributed by atoms with van der Waals surface area (Å²) in [7, 11) is 0. The zero-order valence-electron chi connectivity index (χ0n) is 30.8. The number of carbonyl (C=O) groups excluding carboxylic acids is 2. The third-order valence-electron chi connectivity index (χ3n) is 10.7. The van der Waals surface area contributed by atoms with E-state index in [-0.39, 0.29) is 43.1 Å². The number of aliphatic hydroxyl groups is 1. The number of fused-ring (bicyclic) bond motifs is 1. The summed E-state index contributed by atoms with van der Waals surface area (Å²) >= 11 is 0. The Kier molecular flexibility index (Phi) is 10.8. The molecule has 55 heavy (non-hydrogen) atoms. The molecule has 6 aromatic carbocycles. The van der Waals surface area contributed by atoms with Gasteiger partial charge >= 0.3 is 0 Å². The summed E-state index contributed by atoms with van der Waals surface area (Å²) in [5.41, 5.74) is 9.07. The fraction of sp³-hybridized carbons (Fsp3) is 0.208. The summed E-state index contributed by atoms with van der Waals surface area (Å²) in [5.74, 6) is -0.489. The molecule has 0 spiro atoms. The van der Waals surface area contributed by atoms with Crippen LogP contribution in [-0.2, 0) is 35.7 Å². The third-order valence-corrected chi connectivity index (χ3v) is 10.7. The van der Waals surface area contributed by atoms with Gasteiger partial charge in [-0.05, 0) is 57.1 Å². The molecule has 2 amide bonds. The Bertz CT molecular complexity index is 2160. The first kappa shape index (κ1) is 36.3. The molecule has 1 saturated heterocycles. The van der Waals surface area contributed by atoms with Gasteiger partial charge in [0.1, 0.15) is 0 Å². The first-order chi connectivity index (χ1) is 26.9. The van der Waals surface area contributed by atoms with Crippen molar-refractivity contribution in [2.75, 3.05) is 6.54 Å². The average molecular weight is 729 g/mol.